The molecule has 0 fully saturated rings. The molecule has 0 saturated heterocycles. The maximum Gasteiger partial charge on any atom is 0.222 e. The van der Waals surface area contributed by atoms with Crippen LogP contribution < -0.4 is 5.32 Å². The molecule has 3 heteroatoms. The van der Waals surface area contributed by atoms with Gasteiger partial charge in [-0.1, -0.05) is 19.9 Å². The molecular formula is C10H19NO2. The highest BCUT2D eigenvalue weighted by molar-refractivity contribution is 5.77. The van der Waals surface area contributed by atoms with Crippen LogP contribution >= 0.6 is 0 Å². The van der Waals surface area contributed by atoms with E-state index in [1.807, 2.05) is 19.9 Å². The van der Waals surface area contributed by atoms with Gasteiger partial charge in [-0.3, -0.25) is 4.79 Å². The second-order valence-corrected chi connectivity index (χ2v) is 3.14. The molecule has 0 spiro atoms. The zero-order chi connectivity index (χ0) is 10.1. The number of hydrogen-bond donors (Lipinski definition) is 1. The molecule has 0 radical (unpaired) electrons. The van der Waals surface area contributed by atoms with Crippen molar-refractivity contribution < 1.29 is 9.53 Å². The average Bonchev–Trinajstić information content (AvgIpc) is 2.10. The van der Waals surface area contributed by atoms with E-state index in [9.17, 15) is 4.79 Å². The van der Waals surface area contributed by atoms with E-state index < -0.39 is 0 Å². The fourth-order valence-electron chi connectivity index (χ4n) is 0.719. The van der Waals surface area contributed by atoms with Crippen molar-refractivity contribution in [2.75, 3.05) is 19.8 Å². The topological polar surface area (TPSA) is 38.3 Å². The largest absolute Gasteiger partial charge is 0.379 e. The van der Waals surface area contributed by atoms with Crippen LogP contribution in [0.5, 0.6) is 0 Å². The van der Waals surface area contributed by atoms with Crippen molar-refractivity contribution in [3.05, 3.63) is 12.7 Å². The standard InChI is InChI=1S/C10H19NO2/c1-4-5-7-13-8-6-11-10(12)9(2)3/h4,9H,1,5-8H2,2-3H3,(H,11,12). The molecule has 0 bridgehead atoms. The van der Waals surface area contributed by atoms with Gasteiger partial charge in [0, 0.05) is 12.5 Å². The molecule has 0 aromatic carbocycles. The number of ether oxygens (including phenoxy) is 1. The van der Waals surface area contributed by atoms with Crippen LogP contribution in [0, 0.1) is 5.92 Å². The van der Waals surface area contributed by atoms with Crippen molar-refractivity contribution in [2.24, 2.45) is 5.92 Å². The lowest BCUT2D eigenvalue weighted by molar-refractivity contribution is -0.124. The van der Waals surface area contributed by atoms with Crippen LogP contribution in [0.25, 0.3) is 0 Å². The second-order valence-electron chi connectivity index (χ2n) is 3.14. The molecule has 1 N–H and O–H groups in total. The molecule has 0 aliphatic carbocycles. The van der Waals surface area contributed by atoms with E-state index in [1.165, 1.54) is 0 Å². The highest BCUT2D eigenvalue weighted by atomic mass is 16.5. The second kappa shape index (κ2) is 7.80. The minimum atomic E-state index is 0.0492. The third-order valence-electron chi connectivity index (χ3n) is 1.54. The van der Waals surface area contributed by atoms with E-state index in [2.05, 4.69) is 11.9 Å². The summed E-state index contributed by atoms with van der Waals surface area (Å²) in [7, 11) is 0. The van der Waals surface area contributed by atoms with Gasteiger partial charge in [-0.05, 0) is 6.42 Å². The van der Waals surface area contributed by atoms with E-state index in [0.29, 0.717) is 19.8 Å². The van der Waals surface area contributed by atoms with E-state index in [1.54, 1.807) is 0 Å². The molecule has 0 rings (SSSR count). The molecule has 0 aromatic rings. The molecule has 0 saturated carbocycles. The van der Waals surface area contributed by atoms with Gasteiger partial charge in [-0.2, -0.15) is 0 Å². The van der Waals surface area contributed by atoms with Gasteiger partial charge in [-0.15, -0.1) is 6.58 Å². The lowest BCUT2D eigenvalue weighted by Crippen LogP contribution is -2.30. The van der Waals surface area contributed by atoms with Crippen LogP contribution in [0.15, 0.2) is 12.7 Å². The van der Waals surface area contributed by atoms with Crippen molar-refractivity contribution >= 4 is 5.91 Å². The molecule has 76 valence electrons. The summed E-state index contributed by atoms with van der Waals surface area (Å²) in [5.74, 6) is 0.125. The number of carbonyl (C=O) groups is 1. The zero-order valence-electron chi connectivity index (χ0n) is 8.51. The van der Waals surface area contributed by atoms with Gasteiger partial charge < -0.3 is 10.1 Å². The van der Waals surface area contributed by atoms with Gasteiger partial charge in [0.15, 0.2) is 0 Å². The van der Waals surface area contributed by atoms with Crippen LogP contribution in [0.1, 0.15) is 20.3 Å². The number of amides is 1. The summed E-state index contributed by atoms with van der Waals surface area (Å²) in [4.78, 5) is 11.0. The van der Waals surface area contributed by atoms with Crippen LogP contribution in [0.3, 0.4) is 0 Å². The van der Waals surface area contributed by atoms with Crippen LogP contribution in [-0.4, -0.2) is 25.7 Å². The van der Waals surface area contributed by atoms with Crippen molar-refractivity contribution in [3.8, 4) is 0 Å². The summed E-state index contributed by atoms with van der Waals surface area (Å²) in [6.45, 7) is 9.17. The van der Waals surface area contributed by atoms with E-state index in [-0.39, 0.29) is 11.8 Å². The first kappa shape index (κ1) is 12.2. The third-order valence-corrected chi connectivity index (χ3v) is 1.54. The van der Waals surface area contributed by atoms with Gasteiger partial charge in [0.05, 0.1) is 13.2 Å². The Labute approximate surface area is 80.2 Å². The zero-order valence-corrected chi connectivity index (χ0v) is 8.51. The monoisotopic (exact) mass is 185 g/mol. The van der Waals surface area contributed by atoms with Gasteiger partial charge in [0.1, 0.15) is 0 Å². The average molecular weight is 185 g/mol. The smallest absolute Gasteiger partial charge is 0.222 e. The Hall–Kier alpha value is -0.830. The Bertz CT molecular complexity index is 155. The third kappa shape index (κ3) is 7.53. The predicted molar refractivity (Wildman–Crippen MR) is 53.5 cm³/mol. The molecule has 0 atom stereocenters. The fourth-order valence-corrected chi connectivity index (χ4v) is 0.719. The summed E-state index contributed by atoms with van der Waals surface area (Å²) in [5, 5.41) is 2.77. The number of rotatable bonds is 7. The highest BCUT2D eigenvalue weighted by Gasteiger charge is 2.04. The van der Waals surface area contributed by atoms with Crippen molar-refractivity contribution in [1.82, 2.24) is 5.32 Å². The molecule has 0 heterocycles. The van der Waals surface area contributed by atoms with Gasteiger partial charge in [0.25, 0.3) is 0 Å². The first-order chi connectivity index (χ1) is 6.18. The molecular weight excluding hydrogens is 166 g/mol. The Kier molecular flexibility index (Phi) is 7.30. The highest BCUT2D eigenvalue weighted by Crippen LogP contribution is 1.89. The maximum absolute atomic E-state index is 11.0. The van der Waals surface area contributed by atoms with E-state index in [4.69, 9.17) is 4.74 Å². The summed E-state index contributed by atoms with van der Waals surface area (Å²) >= 11 is 0. The van der Waals surface area contributed by atoms with Crippen molar-refractivity contribution in [2.45, 2.75) is 20.3 Å². The van der Waals surface area contributed by atoms with E-state index >= 15 is 0 Å². The molecule has 0 aliphatic rings. The van der Waals surface area contributed by atoms with E-state index in [0.717, 1.165) is 6.42 Å². The molecule has 0 unspecified atom stereocenters. The lowest BCUT2D eigenvalue weighted by atomic mass is 10.2. The van der Waals surface area contributed by atoms with Gasteiger partial charge >= 0.3 is 0 Å². The predicted octanol–water partition coefficient (Wildman–Crippen LogP) is 1.35. The quantitative estimate of drug-likeness (QED) is 0.480. The normalized spacial score (nSPS) is 10.1. The maximum atomic E-state index is 11.0. The van der Waals surface area contributed by atoms with Crippen molar-refractivity contribution in [1.29, 1.82) is 0 Å². The van der Waals surface area contributed by atoms with Gasteiger partial charge in [-0.25, -0.2) is 0 Å². The first-order valence-electron chi connectivity index (χ1n) is 4.64. The SMILES string of the molecule is C=CCCOCCNC(=O)C(C)C. The molecule has 1 amide bonds. The summed E-state index contributed by atoms with van der Waals surface area (Å²) in [5.41, 5.74) is 0. The molecule has 13 heavy (non-hydrogen) atoms. The minimum Gasteiger partial charge on any atom is -0.379 e. The number of carbonyl (C=O) groups excluding carboxylic acids is 1. The molecule has 3 nitrogen and oxygen atoms in total. The lowest BCUT2D eigenvalue weighted by Gasteiger charge is -2.07. The Morgan fingerprint density at radius 2 is 2.23 bits per heavy atom. The summed E-state index contributed by atoms with van der Waals surface area (Å²) in [6.07, 6.45) is 2.67. The van der Waals surface area contributed by atoms with Crippen LogP contribution in [0.4, 0.5) is 0 Å². The van der Waals surface area contributed by atoms with Crippen LogP contribution in [-0.2, 0) is 9.53 Å². The molecule has 0 aromatic heterocycles. The van der Waals surface area contributed by atoms with Gasteiger partial charge in [0.2, 0.25) is 5.91 Å². The number of hydrogen-bond acceptors (Lipinski definition) is 2. The first-order valence-corrected chi connectivity index (χ1v) is 4.64. The molecule has 0 aliphatic heterocycles. The fraction of sp³-hybridized carbons (Fsp3) is 0.700. The van der Waals surface area contributed by atoms with Crippen LogP contribution in [0.2, 0.25) is 0 Å². The minimum absolute atomic E-state index is 0.0492. The summed E-state index contributed by atoms with van der Waals surface area (Å²) < 4.78 is 5.22. The Balaban J connectivity index is 3.16. The Morgan fingerprint density at radius 1 is 1.54 bits per heavy atom. The summed E-state index contributed by atoms with van der Waals surface area (Å²) in [6, 6.07) is 0. The van der Waals surface area contributed by atoms with Crippen molar-refractivity contribution in [3.63, 3.8) is 0 Å². The Morgan fingerprint density at radius 3 is 2.77 bits per heavy atom. The number of nitrogens with one attached hydrogen (secondary N) is 1.